The highest BCUT2D eigenvalue weighted by molar-refractivity contribution is 9.10. The van der Waals surface area contributed by atoms with Crippen molar-refractivity contribution < 1.29 is 4.74 Å². The SMILES string of the molecule is COCCNC(CN)c1sccc1Br. The van der Waals surface area contributed by atoms with Crippen LogP contribution in [0, 0.1) is 0 Å². The highest BCUT2D eigenvalue weighted by atomic mass is 79.9. The molecule has 1 aromatic rings. The molecule has 1 heterocycles. The lowest BCUT2D eigenvalue weighted by Gasteiger charge is -2.15. The minimum absolute atomic E-state index is 0.222. The van der Waals surface area contributed by atoms with Crippen LogP contribution in [-0.4, -0.2) is 26.8 Å². The third-order valence-corrected chi connectivity index (χ3v) is 3.88. The van der Waals surface area contributed by atoms with Gasteiger partial charge in [0.2, 0.25) is 0 Å². The lowest BCUT2D eigenvalue weighted by Crippen LogP contribution is -2.30. The van der Waals surface area contributed by atoms with E-state index in [1.165, 1.54) is 4.88 Å². The van der Waals surface area contributed by atoms with Gasteiger partial charge >= 0.3 is 0 Å². The molecule has 0 saturated carbocycles. The second-order valence-corrected chi connectivity index (χ2v) is 4.67. The van der Waals surface area contributed by atoms with Gasteiger partial charge in [0.25, 0.3) is 0 Å². The average molecular weight is 279 g/mol. The van der Waals surface area contributed by atoms with Crippen molar-refractivity contribution >= 4 is 27.3 Å². The Morgan fingerprint density at radius 1 is 1.71 bits per heavy atom. The molecular weight excluding hydrogens is 264 g/mol. The summed E-state index contributed by atoms with van der Waals surface area (Å²) < 4.78 is 6.10. The number of ether oxygens (including phenoxy) is 1. The second kappa shape index (κ2) is 6.53. The van der Waals surface area contributed by atoms with Crippen molar-refractivity contribution in [1.82, 2.24) is 5.32 Å². The maximum Gasteiger partial charge on any atom is 0.0587 e. The van der Waals surface area contributed by atoms with E-state index in [1.807, 2.05) is 6.07 Å². The van der Waals surface area contributed by atoms with Gasteiger partial charge in [-0.25, -0.2) is 0 Å². The van der Waals surface area contributed by atoms with E-state index in [1.54, 1.807) is 18.4 Å². The summed E-state index contributed by atoms with van der Waals surface area (Å²) in [5.41, 5.74) is 5.70. The van der Waals surface area contributed by atoms with E-state index in [0.29, 0.717) is 13.2 Å². The molecule has 3 N–H and O–H groups in total. The van der Waals surface area contributed by atoms with Crippen molar-refractivity contribution in [1.29, 1.82) is 0 Å². The van der Waals surface area contributed by atoms with E-state index < -0.39 is 0 Å². The van der Waals surface area contributed by atoms with Gasteiger partial charge < -0.3 is 15.8 Å². The van der Waals surface area contributed by atoms with Crippen LogP contribution in [0.15, 0.2) is 15.9 Å². The van der Waals surface area contributed by atoms with Crippen LogP contribution < -0.4 is 11.1 Å². The normalized spacial score (nSPS) is 13.1. The fourth-order valence-electron chi connectivity index (χ4n) is 1.17. The summed E-state index contributed by atoms with van der Waals surface area (Å²) >= 11 is 5.21. The molecule has 0 aromatic carbocycles. The van der Waals surface area contributed by atoms with Crippen LogP contribution in [-0.2, 0) is 4.74 Å². The predicted molar refractivity (Wildman–Crippen MR) is 63.7 cm³/mol. The molecule has 0 saturated heterocycles. The van der Waals surface area contributed by atoms with Gasteiger partial charge in [0.15, 0.2) is 0 Å². The number of thiophene rings is 1. The molecule has 0 amide bonds. The smallest absolute Gasteiger partial charge is 0.0587 e. The monoisotopic (exact) mass is 278 g/mol. The number of hydrogen-bond acceptors (Lipinski definition) is 4. The fraction of sp³-hybridized carbons (Fsp3) is 0.556. The van der Waals surface area contributed by atoms with Gasteiger partial charge in [-0.2, -0.15) is 0 Å². The minimum atomic E-state index is 0.222. The van der Waals surface area contributed by atoms with Gasteiger partial charge in [-0.15, -0.1) is 11.3 Å². The fourth-order valence-corrected chi connectivity index (χ4v) is 2.91. The van der Waals surface area contributed by atoms with Crippen LogP contribution >= 0.6 is 27.3 Å². The number of rotatable bonds is 6. The summed E-state index contributed by atoms with van der Waals surface area (Å²) in [7, 11) is 1.69. The zero-order valence-corrected chi connectivity index (χ0v) is 10.5. The van der Waals surface area contributed by atoms with Crippen molar-refractivity contribution in [2.24, 2.45) is 5.73 Å². The number of methoxy groups -OCH3 is 1. The van der Waals surface area contributed by atoms with Crippen LogP contribution in [0.2, 0.25) is 0 Å². The predicted octanol–water partition coefficient (Wildman–Crippen LogP) is 1.75. The maximum atomic E-state index is 5.70. The minimum Gasteiger partial charge on any atom is -0.383 e. The van der Waals surface area contributed by atoms with Crippen LogP contribution in [0.25, 0.3) is 0 Å². The Morgan fingerprint density at radius 2 is 2.50 bits per heavy atom. The van der Waals surface area contributed by atoms with E-state index in [-0.39, 0.29) is 6.04 Å². The van der Waals surface area contributed by atoms with Crippen LogP contribution in [0.3, 0.4) is 0 Å². The summed E-state index contributed by atoms with van der Waals surface area (Å²) in [6, 6.07) is 2.26. The summed E-state index contributed by atoms with van der Waals surface area (Å²) in [4.78, 5) is 1.25. The molecular formula is C9H15BrN2OS. The Hall–Kier alpha value is 0.0600. The van der Waals surface area contributed by atoms with Crippen molar-refractivity contribution in [3.05, 3.63) is 20.8 Å². The van der Waals surface area contributed by atoms with E-state index in [4.69, 9.17) is 10.5 Å². The molecule has 3 nitrogen and oxygen atoms in total. The molecule has 0 spiro atoms. The van der Waals surface area contributed by atoms with Gasteiger partial charge in [-0.1, -0.05) is 0 Å². The first-order valence-corrected chi connectivity index (χ1v) is 6.12. The Balaban J connectivity index is 2.50. The quantitative estimate of drug-likeness (QED) is 0.780. The van der Waals surface area contributed by atoms with Gasteiger partial charge in [0.05, 0.1) is 12.6 Å². The first-order valence-electron chi connectivity index (χ1n) is 4.45. The molecule has 1 aromatic heterocycles. The summed E-state index contributed by atoms with van der Waals surface area (Å²) in [6.07, 6.45) is 0. The van der Waals surface area contributed by atoms with Gasteiger partial charge in [-0.05, 0) is 27.4 Å². The Labute approximate surface area is 96.8 Å². The maximum absolute atomic E-state index is 5.70. The molecule has 1 unspecified atom stereocenters. The summed E-state index contributed by atoms with van der Waals surface area (Å²) in [5.74, 6) is 0. The highest BCUT2D eigenvalue weighted by Gasteiger charge is 2.12. The molecule has 0 bridgehead atoms. The number of nitrogens with two attached hydrogens (primary N) is 1. The highest BCUT2D eigenvalue weighted by Crippen LogP contribution is 2.28. The molecule has 1 atom stereocenters. The molecule has 0 fully saturated rings. The lowest BCUT2D eigenvalue weighted by molar-refractivity contribution is 0.196. The lowest BCUT2D eigenvalue weighted by atomic mass is 10.2. The van der Waals surface area contributed by atoms with Crippen molar-refractivity contribution in [3.63, 3.8) is 0 Å². The number of hydrogen-bond donors (Lipinski definition) is 2. The molecule has 0 radical (unpaired) electrons. The van der Waals surface area contributed by atoms with Gasteiger partial charge in [0.1, 0.15) is 0 Å². The van der Waals surface area contributed by atoms with E-state index >= 15 is 0 Å². The Bertz CT molecular complexity index is 267. The molecule has 0 aliphatic heterocycles. The average Bonchev–Trinajstić information content (AvgIpc) is 2.60. The largest absolute Gasteiger partial charge is 0.383 e. The first-order chi connectivity index (χ1) is 6.79. The van der Waals surface area contributed by atoms with Crippen LogP contribution in [0.1, 0.15) is 10.9 Å². The molecule has 5 heteroatoms. The van der Waals surface area contributed by atoms with E-state index in [9.17, 15) is 0 Å². The van der Waals surface area contributed by atoms with Crippen molar-refractivity contribution in [2.75, 3.05) is 26.8 Å². The Kier molecular flexibility index (Phi) is 5.66. The van der Waals surface area contributed by atoms with E-state index in [0.717, 1.165) is 11.0 Å². The Morgan fingerprint density at radius 3 is 3.00 bits per heavy atom. The zero-order chi connectivity index (χ0) is 10.4. The molecule has 0 aliphatic carbocycles. The molecule has 80 valence electrons. The topological polar surface area (TPSA) is 47.3 Å². The van der Waals surface area contributed by atoms with Crippen molar-refractivity contribution in [3.8, 4) is 0 Å². The third-order valence-electron chi connectivity index (χ3n) is 1.89. The summed E-state index contributed by atoms with van der Waals surface area (Å²) in [5, 5.41) is 5.40. The second-order valence-electron chi connectivity index (χ2n) is 2.87. The number of nitrogens with one attached hydrogen (secondary N) is 1. The first kappa shape index (κ1) is 12.1. The molecule has 1 rings (SSSR count). The zero-order valence-electron chi connectivity index (χ0n) is 8.13. The number of halogens is 1. The third kappa shape index (κ3) is 3.33. The van der Waals surface area contributed by atoms with Gasteiger partial charge in [-0.3, -0.25) is 0 Å². The molecule has 0 aliphatic rings. The molecule has 14 heavy (non-hydrogen) atoms. The standard InChI is InChI=1S/C9H15BrN2OS/c1-13-4-3-12-8(6-11)9-7(10)2-5-14-9/h2,5,8,12H,3-4,6,11H2,1H3. The van der Waals surface area contributed by atoms with Crippen LogP contribution in [0.4, 0.5) is 0 Å². The van der Waals surface area contributed by atoms with E-state index in [2.05, 4.69) is 26.6 Å². The van der Waals surface area contributed by atoms with Crippen molar-refractivity contribution in [2.45, 2.75) is 6.04 Å². The van der Waals surface area contributed by atoms with Gasteiger partial charge in [0, 0.05) is 29.5 Å². The van der Waals surface area contributed by atoms with Crippen LogP contribution in [0.5, 0.6) is 0 Å². The summed E-state index contributed by atoms with van der Waals surface area (Å²) in [6.45, 7) is 2.13.